The number of benzene rings is 1. The Morgan fingerprint density at radius 1 is 1.36 bits per heavy atom. The number of likely N-dealkylation sites (tertiary alicyclic amines) is 1. The smallest absolute Gasteiger partial charge is 0.180 e. The van der Waals surface area contributed by atoms with Gasteiger partial charge < -0.3 is 14.7 Å². The fourth-order valence-electron chi connectivity index (χ4n) is 6.83. The second kappa shape index (κ2) is 4.59. The number of nitrogens with zero attached hydrogens (tertiary/aromatic N) is 1. The van der Waals surface area contributed by atoms with Crippen LogP contribution in [0.2, 0.25) is 0 Å². The van der Waals surface area contributed by atoms with Crippen molar-refractivity contribution in [3.05, 3.63) is 23.3 Å². The predicted molar refractivity (Wildman–Crippen MR) is 95.0 cm³/mol. The van der Waals surface area contributed by atoms with E-state index in [2.05, 4.69) is 38.8 Å². The first kappa shape index (κ1) is 15.7. The van der Waals surface area contributed by atoms with Gasteiger partial charge in [0.2, 0.25) is 0 Å². The molecule has 5 atom stereocenters. The maximum Gasteiger partial charge on any atom is 0.180 e. The first-order valence-corrected chi connectivity index (χ1v) is 9.60. The highest BCUT2D eigenvalue weighted by Crippen LogP contribution is 2.67. The first-order chi connectivity index (χ1) is 11.8. The Morgan fingerprint density at radius 3 is 2.84 bits per heavy atom. The molecule has 1 N–H and O–H groups in total. The van der Waals surface area contributed by atoms with E-state index in [0.717, 1.165) is 31.4 Å². The van der Waals surface area contributed by atoms with E-state index in [4.69, 9.17) is 4.74 Å². The minimum Gasteiger partial charge on any atom is -0.504 e. The van der Waals surface area contributed by atoms with E-state index in [1.165, 1.54) is 5.56 Å². The van der Waals surface area contributed by atoms with Crippen LogP contribution in [0.1, 0.15) is 44.7 Å². The van der Waals surface area contributed by atoms with Gasteiger partial charge in [0.25, 0.3) is 0 Å². The molecule has 1 saturated heterocycles. The summed E-state index contributed by atoms with van der Waals surface area (Å²) in [4.78, 5) is 16.0. The third-order valence-electron chi connectivity index (χ3n) is 7.95. The molecular formula is C21H27NO3. The van der Waals surface area contributed by atoms with Crippen LogP contribution in [0.5, 0.6) is 11.5 Å². The fraction of sp³-hybridized carbons (Fsp3) is 0.667. The summed E-state index contributed by atoms with van der Waals surface area (Å²) in [5.74, 6) is 1.76. The van der Waals surface area contributed by atoms with Crippen molar-refractivity contribution in [3.8, 4) is 11.5 Å². The van der Waals surface area contributed by atoms with Gasteiger partial charge in [0, 0.05) is 22.4 Å². The molecule has 2 fully saturated rings. The van der Waals surface area contributed by atoms with Crippen molar-refractivity contribution in [2.24, 2.45) is 17.3 Å². The van der Waals surface area contributed by atoms with Crippen LogP contribution in [0.3, 0.4) is 0 Å². The first-order valence-electron chi connectivity index (χ1n) is 9.60. The molecule has 2 heterocycles. The van der Waals surface area contributed by atoms with E-state index in [9.17, 15) is 9.90 Å². The number of likely N-dealkylation sites (N-methyl/N-ethyl adjacent to an activating group) is 1. The van der Waals surface area contributed by atoms with E-state index in [0.29, 0.717) is 23.6 Å². The lowest BCUT2D eigenvalue weighted by molar-refractivity contribution is -0.164. The lowest BCUT2D eigenvalue weighted by atomic mass is 9.43. The number of carbonyl (C=O) groups is 1. The van der Waals surface area contributed by atoms with Gasteiger partial charge in [0.05, 0.1) is 0 Å². The average molecular weight is 341 g/mol. The number of aromatic hydroxyl groups is 1. The zero-order chi connectivity index (χ0) is 17.7. The average Bonchev–Trinajstić information content (AvgIpc) is 2.92. The monoisotopic (exact) mass is 341 g/mol. The van der Waals surface area contributed by atoms with Crippen LogP contribution in [0.4, 0.5) is 0 Å². The number of piperidine rings is 1. The molecule has 2 aliphatic heterocycles. The molecule has 0 aromatic heterocycles. The molecule has 0 radical (unpaired) electrons. The number of Topliss-reactive ketones (excluding diaryl/α,β-unsaturated/α-hetero) is 1. The third-order valence-corrected chi connectivity index (χ3v) is 7.95. The minimum atomic E-state index is -0.436. The fourth-order valence-corrected chi connectivity index (χ4v) is 6.83. The van der Waals surface area contributed by atoms with Crippen LogP contribution < -0.4 is 4.74 Å². The van der Waals surface area contributed by atoms with Crippen LogP contribution in [-0.2, 0) is 16.6 Å². The standard InChI is InChI=1S/C21H27NO3/c1-5-12-16-13-10-11-6-7-14(23)17-15(11)21(16,8-9-22(13)4)19(25-17)18(24)20(12,2)3/h6-7,12-13,16,19,23H,5,8-10H2,1-4H3/t12-,13-,16?,19+,21-/m1/s1. The molecule has 1 aromatic carbocycles. The Labute approximate surface area is 149 Å². The molecule has 2 aliphatic carbocycles. The summed E-state index contributed by atoms with van der Waals surface area (Å²) in [6.07, 6.45) is 2.50. The molecular weight excluding hydrogens is 314 g/mol. The number of carbonyl (C=O) groups excluding carboxylic acids is 1. The molecule has 4 heteroatoms. The number of rotatable bonds is 1. The molecule has 1 unspecified atom stereocenters. The molecule has 134 valence electrons. The number of phenolic OH excluding ortho intramolecular Hbond substituents is 1. The van der Waals surface area contributed by atoms with E-state index in [1.807, 2.05) is 0 Å². The molecule has 25 heavy (non-hydrogen) atoms. The second-order valence-corrected chi connectivity index (χ2v) is 9.11. The molecule has 1 saturated carbocycles. The van der Waals surface area contributed by atoms with Crippen molar-refractivity contribution in [2.45, 2.75) is 57.6 Å². The summed E-state index contributed by atoms with van der Waals surface area (Å²) >= 11 is 0. The Bertz CT molecular complexity index is 786. The molecule has 0 amide bonds. The van der Waals surface area contributed by atoms with Crippen LogP contribution in [0, 0.1) is 17.3 Å². The largest absolute Gasteiger partial charge is 0.504 e. The highest BCUT2D eigenvalue weighted by molar-refractivity contribution is 5.93. The summed E-state index contributed by atoms with van der Waals surface area (Å²) in [6.45, 7) is 7.42. The van der Waals surface area contributed by atoms with Crippen LogP contribution >= 0.6 is 0 Å². The number of hydrogen-bond donors (Lipinski definition) is 1. The van der Waals surface area contributed by atoms with Crippen LogP contribution in [0.15, 0.2) is 12.1 Å². The maximum atomic E-state index is 13.5. The van der Waals surface area contributed by atoms with Gasteiger partial charge in [-0.3, -0.25) is 4.79 Å². The van der Waals surface area contributed by atoms with Gasteiger partial charge in [-0.05, 0) is 49.9 Å². The van der Waals surface area contributed by atoms with Gasteiger partial charge in [-0.1, -0.05) is 33.3 Å². The van der Waals surface area contributed by atoms with Crippen molar-refractivity contribution in [3.63, 3.8) is 0 Å². The number of phenols is 1. The summed E-state index contributed by atoms with van der Waals surface area (Å²) in [5, 5.41) is 10.5. The van der Waals surface area contributed by atoms with Gasteiger partial charge in [-0.2, -0.15) is 0 Å². The van der Waals surface area contributed by atoms with Crippen LogP contribution in [-0.4, -0.2) is 41.5 Å². The Morgan fingerprint density at radius 2 is 2.12 bits per heavy atom. The van der Waals surface area contributed by atoms with E-state index in [-0.39, 0.29) is 22.4 Å². The van der Waals surface area contributed by atoms with Crippen molar-refractivity contribution in [1.82, 2.24) is 4.90 Å². The van der Waals surface area contributed by atoms with Crippen LogP contribution in [0.25, 0.3) is 0 Å². The van der Waals surface area contributed by atoms with Crippen molar-refractivity contribution in [2.75, 3.05) is 13.6 Å². The molecule has 4 nitrogen and oxygen atoms in total. The van der Waals surface area contributed by atoms with Gasteiger partial charge in [-0.25, -0.2) is 0 Å². The lowest BCUT2D eigenvalue weighted by Gasteiger charge is -2.63. The minimum absolute atomic E-state index is 0.192. The normalized spacial score (nSPS) is 40.6. The molecule has 1 aromatic rings. The van der Waals surface area contributed by atoms with E-state index < -0.39 is 6.10 Å². The van der Waals surface area contributed by atoms with Gasteiger partial charge in [0.1, 0.15) is 0 Å². The predicted octanol–water partition coefficient (Wildman–Crippen LogP) is 2.90. The lowest BCUT2D eigenvalue weighted by Crippen LogP contribution is -2.71. The topological polar surface area (TPSA) is 49.8 Å². The molecule has 4 aliphatic rings. The molecule has 1 spiro atoms. The van der Waals surface area contributed by atoms with Gasteiger partial charge in [-0.15, -0.1) is 0 Å². The summed E-state index contributed by atoms with van der Waals surface area (Å²) < 4.78 is 6.27. The SMILES string of the molecule is CC[C@@H]1C2[C@H]3Cc4ccc(O)c5c4[C@@]2(CCN3C)[C@@H](O5)C(=O)C1(C)C. The number of ketones is 1. The molecule has 2 bridgehead atoms. The maximum absolute atomic E-state index is 13.5. The quantitative estimate of drug-likeness (QED) is 0.853. The Kier molecular flexibility index (Phi) is 2.88. The summed E-state index contributed by atoms with van der Waals surface area (Å²) in [5.41, 5.74) is 1.80. The van der Waals surface area contributed by atoms with Crippen molar-refractivity contribution >= 4 is 5.78 Å². The zero-order valence-electron chi connectivity index (χ0n) is 15.5. The van der Waals surface area contributed by atoms with Crippen molar-refractivity contribution < 1.29 is 14.6 Å². The zero-order valence-corrected chi connectivity index (χ0v) is 15.5. The number of ether oxygens (including phenoxy) is 1. The Hall–Kier alpha value is -1.55. The third kappa shape index (κ3) is 1.57. The highest BCUT2D eigenvalue weighted by atomic mass is 16.5. The highest BCUT2D eigenvalue weighted by Gasteiger charge is 2.71. The summed E-state index contributed by atoms with van der Waals surface area (Å²) in [7, 11) is 2.23. The van der Waals surface area contributed by atoms with Crippen molar-refractivity contribution in [1.29, 1.82) is 0 Å². The molecule has 5 rings (SSSR count). The Balaban J connectivity index is 1.84. The van der Waals surface area contributed by atoms with E-state index >= 15 is 0 Å². The van der Waals surface area contributed by atoms with Gasteiger partial charge >= 0.3 is 0 Å². The second-order valence-electron chi connectivity index (χ2n) is 9.11. The number of hydrogen-bond acceptors (Lipinski definition) is 4. The van der Waals surface area contributed by atoms with E-state index in [1.54, 1.807) is 6.07 Å². The van der Waals surface area contributed by atoms with Gasteiger partial charge in [0.15, 0.2) is 23.4 Å². The summed E-state index contributed by atoms with van der Waals surface area (Å²) in [6, 6.07) is 4.24.